The lowest BCUT2D eigenvalue weighted by Gasteiger charge is -2.26. The summed E-state index contributed by atoms with van der Waals surface area (Å²) in [6.07, 6.45) is 5.59. The fourth-order valence-corrected chi connectivity index (χ4v) is 3.17. The lowest BCUT2D eigenvalue weighted by Crippen LogP contribution is -2.19. The van der Waals surface area contributed by atoms with E-state index < -0.39 is 0 Å². The molecule has 4 rings (SSSR count). The van der Waals surface area contributed by atoms with Gasteiger partial charge in [0.15, 0.2) is 0 Å². The Hall–Kier alpha value is -3.47. The molecule has 0 radical (unpaired) electrons. The molecule has 0 saturated carbocycles. The summed E-state index contributed by atoms with van der Waals surface area (Å²) in [6.45, 7) is 0.534. The first kappa shape index (κ1) is 17.0. The topological polar surface area (TPSA) is 42.4 Å². The van der Waals surface area contributed by atoms with Gasteiger partial charge >= 0.3 is 5.97 Å². The molecule has 0 amide bonds. The van der Waals surface area contributed by atoms with Crippen molar-refractivity contribution in [3.8, 4) is 0 Å². The number of hydrogen-bond donors (Lipinski definition) is 0. The number of methoxy groups -OCH3 is 1. The summed E-state index contributed by atoms with van der Waals surface area (Å²) in [5.41, 5.74) is 4.12. The van der Waals surface area contributed by atoms with E-state index >= 15 is 0 Å². The molecule has 5 heteroatoms. The van der Waals surface area contributed by atoms with Gasteiger partial charge in [-0.25, -0.2) is 14.2 Å². The van der Waals surface area contributed by atoms with Gasteiger partial charge in [-0.1, -0.05) is 24.3 Å². The molecule has 0 aliphatic carbocycles. The van der Waals surface area contributed by atoms with Gasteiger partial charge in [0.1, 0.15) is 11.6 Å². The number of nitrogens with zero attached hydrogens (tertiary/aromatic N) is 2. The second-order valence-electron chi connectivity index (χ2n) is 6.23. The van der Waals surface area contributed by atoms with Gasteiger partial charge in [-0.3, -0.25) is 0 Å². The van der Waals surface area contributed by atoms with E-state index in [4.69, 9.17) is 4.74 Å². The molecule has 1 aliphatic rings. The van der Waals surface area contributed by atoms with Crippen LogP contribution in [0.3, 0.4) is 0 Å². The Bertz CT molecular complexity index is 1030. The summed E-state index contributed by atoms with van der Waals surface area (Å²) in [7, 11) is 1.36. The zero-order chi connectivity index (χ0) is 18.8. The maximum atomic E-state index is 13.8. The molecule has 2 heterocycles. The van der Waals surface area contributed by atoms with Gasteiger partial charge < -0.3 is 9.64 Å². The van der Waals surface area contributed by atoms with Crippen molar-refractivity contribution in [3.05, 3.63) is 88.9 Å². The molecular weight excluding hydrogens is 343 g/mol. The number of esters is 1. The Morgan fingerprint density at radius 1 is 1.07 bits per heavy atom. The molecule has 134 valence electrons. The van der Waals surface area contributed by atoms with Gasteiger partial charge in [0.25, 0.3) is 0 Å². The number of carbonyl (C=O) groups excluding carboxylic acids is 1. The van der Waals surface area contributed by atoms with Crippen LogP contribution in [0.2, 0.25) is 0 Å². The first-order valence-corrected chi connectivity index (χ1v) is 8.53. The van der Waals surface area contributed by atoms with Gasteiger partial charge in [0.2, 0.25) is 0 Å². The van der Waals surface area contributed by atoms with Gasteiger partial charge in [0, 0.05) is 23.9 Å². The van der Waals surface area contributed by atoms with E-state index in [1.54, 1.807) is 24.4 Å². The van der Waals surface area contributed by atoms with E-state index in [1.807, 2.05) is 36.4 Å². The number of ether oxygens (including phenoxy) is 1. The van der Waals surface area contributed by atoms with Crippen LogP contribution in [-0.4, -0.2) is 18.1 Å². The SMILES string of the molecule is COC(=O)c1ccc(CN2c3ccc(F)cc3C=Cc3cccnc32)cc1. The van der Waals surface area contributed by atoms with Crippen molar-refractivity contribution in [2.75, 3.05) is 12.0 Å². The molecular formula is C22H17FN2O2. The Kier molecular flexibility index (Phi) is 4.42. The molecule has 0 unspecified atom stereocenters. The Labute approximate surface area is 156 Å². The highest BCUT2D eigenvalue weighted by Crippen LogP contribution is 2.36. The van der Waals surface area contributed by atoms with E-state index in [-0.39, 0.29) is 11.8 Å². The molecule has 0 fully saturated rings. The summed E-state index contributed by atoms with van der Waals surface area (Å²) < 4.78 is 18.5. The fourth-order valence-electron chi connectivity index (χ4n) is 3.17. The van der Waals surface area contributed by atoms with Crippen LogP contribution in [0.4, 0.5) is 15.9 Å². The number of pyridine rings is 1. The predicted octanol–water partition coefficient (Wildman–Crippen LogP) is 4.83. The van der Waals surface area contributed by atoms with E-state index in [1.165, 1.54) is 19.2 Å². The quantitative estimate of drug-likeness (QED) is 0.628. The van der Waals surface area contributed by atoms with Crippen molar-refractivity contribution in [3.63, 3.8) is 0 Å². The third-order valence-corrected chi connectivity index (χ3v) is 4.51. The predicted molar refractivity (Wildman–Crippen MR) is 103 cm³/mol. The van der Waals surface area contributed by atoms with Crippen molar-refractivity contribution >= 4 is 29.6 Å². The van der Waals surface area contributed by atoms with E-state index in [0.717, 1.165) is 28.2 Å². The lowest BCUT2D eigenvalue weighted by atomic mass is 10.1. The average molecular weight is 360 g/mol. The minimum atomic E-state index is -0.367. The second kappa shape index (κ2) is 7.03. The molecule has 0 atom stereocenters. The number of carbonyl (C=O) groups is 1. The minimum absolute atomic E-state index is 0.278. The molecule has 0 bridgehead atoms. The van der Waals surface area contributed by atoms with Gasteiger partial charge in [0.05, 0.1) is 18.4 Å². The highest BCUT2D eigenvalue weighted by Gasteiger charge is 2.20. The first-order valence-electron chi connectivity index (χ1n) is 8.53. The van der Waals surface area contributed by atoms with Crippen molar-refractivity contribution in [2.24, 2.45) is 0 Å². The van der Waals surface area contributed by atoms with Crippen LogP contribution in [0.1, 0.15) is 27.0 Å². The molecule has 0 N–H and O–H groups in total. The molecule has 1 aromatic heterocycles. The molecule has 1 aliphatic heterocycles. The Balaban J connectivity index is 1.75. The van der Waals surface area contributed by atoms with Crippen LogP contribution in [-0.2, 0) is 11.3 Å². The maximum Gasteiger partial charge on any atom is 0.337 e. The van der Waals surface area contributed by atoms with Crippen molar-refractivity contribution in [1.82, 2.24) is 4.98 Å². The molecule has 3 aromatic rings. The number of fused-ring (bicyclic) bond motifs is 2. The lowest BCUT2D eigenvalue weighted by molar-refractivity contribution is 0.0600. The Morgan fingerprint density at radius 3 is 2.63 bits per heavy atom. The summed E-state index contributed by atoms with van der Waals surface area (Å²) in [6, 6.07) is 15.8. The molecule has 0 saturated heterocycles. The standard InChI is InChI=1S/C22H17FN2O2/c1-27-22(26)17-6-4-15(5-7-17)14-25-20-11-10-19(23)13-18(20)9-8-16-3-2-12-24-21(16)25/h2-13H,14H2,1H3. The van der Waals surface area contributed by atoms with Crippen LogP contribution in [0.15, 0.2) is 60.8 Å². The van der Waals surface area contributed by atoms with Crippen LogP contribution >= 0.6 is 0 Å². The number of anilines is 2. The summed E-state index contributed by atoms with van der Waals surface area (Å²) in [4.78, 5) is 18.2. The number of benzene rings is 2. The van der Waals surface area contributed by atoms with Gasteiger partial charge in [-0.2, -0.15) is 0 Å². The Morgan fingerprint density at radius 2 is 1.85 bits per heavy atom. The van der Waals surface area contributed by atoms with Crippen LogP contribution in [0, 0.1) is 5.82 Å². The zero-order valence-corrected chi connectivity index (χ0v) is 14.7. The highest BCUT2D eigenvalue weighted by molar-refractivity contribution is 5.89. The van der Waals surface area contributed by atoms with E-state index in [0.29, 0.717) is 12.1 Å². The second-order valence-corrected chi connectivity index (χ2v) is 6.23. The van der Waals surface area contributed by atoms with Crippen LogP contribution in [0.5, 0.6) is 0 Å². The third kappa shape index (κ3) is 3.31. The van der Waals surface area contributed by atoms with Gasteiger partial charge in [-0.15, -0.1) is 0 Å². The van der Waals surface area contributed by atoms with E-state index in [2.05, 4.69) is 9.88 Å². The van der Waals surface area contributed by atoms with E-state index in [9.17, 15) is 9.18 Å². The zero-order valence-electron chi connectivity index (χ0n) is 14.7. The van der Waals surface area contributed by atoms with Crippen molar-refractivity contribution in [2.45, 2.75) is 6.54 Å². The number of halogens is 1. The maximum absolute atomic E-state index is 13.8. The third-order valence-electron chi connectivity index (χ3n) is 4.51. The average Bonchev–Trinajstić information content (AvgIpc) is 2.85. The largest absolute Gasteiger partial charge is 0.465 e. The monoisotopic (exact) mass is 360 g/mol. The number of hydrogen-bond acceptors (Lipinski definition) is 4. The van der Waals surface area contributed by atoms with Crippen molar-refractivity contribution < 1.29 is 13.9 Å². The summed E-state index contributed by atoms with van der Waals surface area (Å²) in [5.74, 6) is 0.157. The van der Waals surface area contributed by atoms with Gasteiger partial charge in [-0.05, 0) is 48.0 Å². The van der Waals surface area contributed by atoms with Crippen molar-refractivity contribution in [1.29, 1.82) is 0 Å². The summed E-state index contributed by atoms with van der Waals surface area (Å²) >= 11 is 0. The molecule has 4 nitrogen and oxygen atoms in total. The number of rotatable bonds is 3. The molecule has 2 aromatic carbocycles. The highest BCUT2D eigenvalue weighted by atomic mass is 19.1. The van der Waals surface area contributed by atoms with Crippen LogP contribution < -0.4 is 4.90 Å². The molecule has 0 spiro atoms. The van der Waals surface area contributed by atoms with Crippen LogP contribution in [0.25, 0.3) is 12.2 Å². The molecule has 27 heavy (non-hydrogen) atoms. The number of aromatic nitrogens is 1. The first-order chi connectivity index (χ1) is 13.2. The normalized spacial score (nSPS) is 12.1. The smallest absolute Gasteiger partial charge is 0.337 e. The minimum Gasteiger partial charge on any atom is -0.465 e. The summed E-state index contributed by atoms with van der Waals surface area (Å²) in [5, 5.41) is 0. The fraction of sp³-hybridized carbons (Fsp3) is 0.0909.